The molecule has 1 unspecified atom stereocenters. The second-order valence-corrected chi connectivity index (χ2v) is 17.1. The molecule has 2 atom stereocenters. The van der Waals surface area contributed by atoms with E-state index in [1.807, 2.05) is 0 Å². The van der Waals surface area contributed by atoms with Gasteiger partial charge in [0, 0.05) is 19.4 Å². The minimum Gasteiger partial charge on any atom is -0.462 e. The Morgan fingerprint density at radius 1 is 0.527 bits per heavy atom. The zero-order valence-electron chi connectivity index (χ0n) is 35.9. The summed E-state index contributed by atoms with van der Waals surface area (Å²) in [5.74, 6) is -0.828. The molecule has 3 N–H and O–H groups in total. The normalized spacial score (nSPS) is 13.3. The van der Waals surface area contributed by atoms with Gasteiger partial charge in [-0.15, -0.1) is 0 Å². The molecule has 0 bridgehead atoms. The van der Waals surface area contributed by atoms with E-state index in [1.165, 1.54) is 141 Å². The third kappa shape index (κ3) is 42.2. The molecule has 0 heterocycles. The summed E-state index contributed by atoms with van der Waals surface area (Å²) in [7, 11) is -4.37. The Morgan fingerprint density at radius 2 is 0.909 bits per heavy atom. The SMILES string of the molecule is CCCC/C=C/CCCCCCCC(=O)OC[C@H](COP(=O)(O)OCCN)OC(=O)CCCCCCCCCCCCCCCCCCCCCCCCC. The highest BCUT2D eigenvalue weighted by Crippen LogP contribution is 2.43. The third-order valence-electron chi connectivity index (χ3n) is 10.2. The maximum absolute atomic E-state index is 12.6. The maximum Gasteiger partial charge on any atom is 0.472 e. The van der Waals surface area contributed by atoms with E-state index in [-0.39, 0.29) is 38.6 Å². The number of phosphoric ester groups is 1. The third-order valence-corrected chi connectivity index (χ3v) is 11.1. The zero-order valence-corrected chi connectivity index (χ0v) is 36.8. The van der Waals surface area contributed by atoms with Crippen molar-refractivity contribution in [2.75, 3.05) is 26.4 Å². The molecule has 0 fully saturated rings. The molecule has 0 aromatic rings. The molecule has 0 radical (unpaired) electrons. The molecule has 0 saturated heterocycles. The van der Waals surface area contributed by atoms with Crippen LogP contribution in [0.3, 0.4) is 0 Å². The van der Waals surface area contributed by atoms with Crippen LogP contribution in [-0.2, 0) is 32.7 Å². The molecule has 9 nitrogen and oxygen atoms in total. The molecule has 0 aromatic heterocycles. The summed E-state index contributed by atoms with van der Waals surface area (Å²) in [6.45, 7) is 3.72. The molecule has 0 aromatic carbocycles. The summed E-state index contributed by atoms with van der Waals surface area (Å²) < 4.78 is 32.8. The Bertz CT molecular complexity index is 917. The van der Waals surface area contributed by atoms with Crippen molar-refractivity contribution in [2.45, 2.75) is 238 Å². The van der Waals surface area contributed by atoms with E-state index >= 15 is 0 Å². The summed E-state index contributed by atoms with van der Waals surface area (Å²) in [6.07, 6.45) is 44.0. The monoisotopic (exact) mass is 802 g/mol. The summed E-state index contributed by atoms with van der Waals surface area (Å²) in [5, 5.41) is 0. The molecule has 0 rings (SSSR count). The van der Waals surface area contributed by atoms with E-state index in [2.05, 4.69) is 26.0 Å². The lowest BCUT2D eigenvalue weighted by Crippen LogP contribution is -2.29. The van der Waals surface area contributed by atoms with Gasteiger partial charge in [0.05, 0.1) is 13.2 Å². The van der Waals surface area contributed by atoms with Gasteiger partial charge in [0.25, 0.3) is 0 Å². The number of phosphoric acid groups is 1. The van der Waals surface area contributed by atoms with Crippen molar-refractivity contribution in [3.63, 3.8) is 0 Å². The average Bonchev–Trinajstić information content (AvgIpc) is 3.17. The first-order valence-corrected chi connectivity index (χ1v) is 24.7. The first-order valence-electron chi connectivity index (χ1n) is 23.2. The number of ether oxygens (including phenoxy) is 2. The van der Waals surface area contributed by atoms with Crippen molar-refractivity contribution < 1.29 is 37.6 Å². The van der Waals surface area contributed by atoms with E-state index < -0.39 is 26.5 Å². The van der Waals surface area contributed by atoms with Crippen molar-refractivity contribution >= 4 is 19.8 Å². The van der Waals surface area contributed by atoms with Crippen LogP contribution in [0.5, 0.6) is 0 Å². The number of carbonyl (C=O) groups excluding carboxylic acids is 2. The van der Waals surface area contributed by atoms with E-state index in [1.54, 1.807) is 0 Å². The van der Waals surface area contributed by atoms with Crippen molar-refractivity contribution in [1.82, 2.24) is 0 Å². The standard InChI is InChI=1S/C45H88NO8P/c1-3-5-7-9-11-13-15-16-17-18-19-20-21-22-23-24-25-26-28-30-32-34-36-38-45(48)54-43(42-53-55(49,50)52-40-39-46)41-51-44(47)37-35-33-31-29-27-14-12-10-8-6-4-2/h10,12,43H,3-9,11,13-42,46H2,1-2H3,(H,49,50)/b12-10+/t43-/m1/s1. The van der Waals surface area contributed by atoms with Crippen LogP contribution in [0.15, 0.2) is 12.2 Å². The number of hydrogen-bond acceptors (Lipinski definition) is 8. The van der Waals surface area contributed by atoms with E-state index in [0.29, 0.717) is 6.42 Å². The lowest BCUT2D eigenvalue weighted by Gasteiger charge is -2.19. The Balaban J connectivity index is 3.98. The summed E-state index contributed by atoms with van der Waals surface area (Å²) >= 11 is 0. The molecule has 0 saturated carbocycles. The number of rotatable bonds is 44. The number of allylic oxidation sites excluding steroid dienone is 2. The zero-order chi connectivity index (χ0) is 40.3. The number of nitrogens with two attached hydrogens (primary N) is 1. The van der Waals surface area contributed by atoms with Gasteiger partial charge >= 0.3 is 19.8 Å². The second kappa shape index (κ2) is 42.4. The molecular weight excluding hydrogens is 713 g/mol. The number of hydrogen-bond donors (Lipinski definition) is 2. The van der Waals surface area contributed by atoms with Gasteiger partial charge in [-0.2, -0.15) is 0 Å². The molecular formula is C45H88NO8P. The van der Waals surface area contributed by atoms with Crippen molar-refractivity contribution in [3.8, 4) is 0 Å². The van der Waals surface area contributed by atoms with Crippen LogP contribution in [0, 0.1) is 0 Å². The quantitative estimate of drug-likeness (QED) is 0.0267. The molecule has 0 aliphatic carbocycles. The highest BCUT2D eigenvalue weighted by molar-refractivity contribution is 7.47. The Morgan fingerprint density at radius 3 is 1.35 bits per heavy atom. The first-order chi connectivity index (χ1) is 26.8. The fraction of sp³-hybridized carbons (Fsp3) is 0.911. The van der Waals surface area contributed by atoms with Gasteiger partial charge in [-0.1, -0.05) is 199 Å². The van der Waals surface area contributed by atoms with Gasteiger partial charge < -0.3 is 20.1 Å². The summed E-state index contributed by atoms with van der Waals surface area (Å²) in [6, 6.07) is 0. The molecule has 0 amide bonds. The largest absolute Gasteiger partial charge is 0.472 e. The molecule has 0 aliphatic rings. The highest BCUT2D eigenvalue weighted by Gasteiger charge is 2.26. The van der Waals surface area contributed by atoms with Gasteiger partial charge in [-0.3, -0.25) is 18.6 Å². The van der Waals surface area contributed by atoms with Crippen LogP contribution in [0.4, 0.5) is 0 Å². The fourth-order valence-corrected chi connectivity index (χ4v) is 7.44. The maximum atomic E-state index is 12.6. The Labute approximate surface area is 339 Å². The van der Waals surface area contributed by atoms with Crippen LogP contribution in [0.25, 0.3) is 0 Å². The smallest absolute Gasteiger partial charge is 0.462 e. The topological polar surface area (TPSA) is 134 Å². The minimum absolute atomic E-state index is 0.0552. The number of unbranched alkanes of at least 4 members (excludes halogenated alkanes) is 29. The van der Waals surface area contributed by atoms with Crippen molar-refractivity contribution in [2.24, 2.45) is 5.73 Å². The Hall–Kier alpha value is -1.25. The van der Waals surface area contributed by atoms with Gasteiger partial charge in [0.2, 0.25) is 0 Å². The van der Waals surface area contributed by atoms with Crippen LogP contribution >= 0.6 is 7.82 Å². The van der Waals surface area contributed by atoms with Crippen LogP contribution in [-0.4, -0.2) is 49.3 Å². The van der Waals surface area contributed by atoms with Gasteiger partial charge in [-0.25, -0.2) is 4.57 Å². The predicted octanol–water partition coefficient (Wildman–Crippen LogP) is 13.4. The van der Waals surface area contributed by atoms with Gasteiger partial charge in [0.15, 0.2) is 6.10 Å². The Kier molecular flexibility index (Phi) is 41.4. The lowest BCUT2D eigenvalue weighted by atomic mass is 10.0. The summed E-state index contributed by atoms with van der Waals surface area (Å²) in [4.78, 5) is 34.8. The second-order valence-electron chi connectivity index (χ2n) is 15.6. The number of carbonyl (C=O) groups is 2. The molecule has 0 spiro atoms. The van der Waals surface area contributed by atoms with Crippen molar-refractivity contribution in [1.29, 1.82) is 0 Å². The van der Waals surface area contributed by atoms with Crippen LogP contribution in [0.1, 0.15) is 232 Å². The van der Waals surface area contributed by atoms with Gasteiger partial charge in [0.1, 0.15) is 6.61 Å². The van der Waals surface area contributed by atoms with Crippen molar-refractivity contribution in [3.05, 3.63) is 12.2 Å². The molecule has 10 heteroatoms. The van der Waals surface area contributed by atoms with E-state index in [9.17, 15) is 19.0 Å². The summed E-state index contributed by atoms with van der Waals surface area (Å²) in [5.41, 5.74) is 5.35. The number of esters is 2. The van der Waals surface area contributed by atoms with Crippen LogP contribution < -0.4 is 5.73 Å². The first kappa shape index (κ1) is 53.8. The van der Waals surface area contributed by atoms with E-state index in [0.717, 1.165) is 57.8 Å². The molecule has 55 heavy (non-hydrogen) atoms. The van der Waals surface area contributed by atoms with E-state index in [4.69, 9.17) is 24.3 Å². The average molecular weight is 802 g/mol. The molecule has 0 aliphatic heterocycles. The molecule has 326 valence electrons. The highest BCUT2D eigenvalue weighted by atomic mass is 31.2. The van der Waals surface area contributed by atoms with Gasteiger partial charge in [-0.05, 0) is 32.1 Å². The van der Waals surface area contributed by atoms with Crippen LogP contribution in [0.2, 0.25) is 0 Å². The lowest BCUT2D eigenvalue weighted by molar-refractivity contribution is -0.161. The minimum atomic E-state index is -4.37. The predicted molar refractivity (Wildman–Crippen MR) is 229 cm³/mol. The fourth-order valence-electron chi connectivity index (χ4n) is 6.68.